The maximum atomic E-state index is 12.7. The minimum absolute atomic E-state index is 0.0220. The quantitative estimate of drug-likeness (QED) is 0.620. The highest BCUT2D eigenvalue weighted by Gasteiger charge is 2.64. The second-order valence-electron chi connectivity index (χ2n) is 9.92. The fourth-order valence-corrected chi connectivity index (χ4v) is 6.61. The molecule has 6 rings (SSSR count). The molecule has 3 heterocycles. The lowest BCUT2D eigenvalue weighted by Crippen LogP contribution is -2.51. The van der Waals surface area contributed by atoms with Crippen molar-refractivity contribution in [2.45, 2.75) is 57.3 Å². The molecule has 0 unspecified atom stereocenters. The van der Waals surface area contributed by atoms with E-state index >= 15 is 0 Å². The fraction of sp³-hybridized carbons (Fsp3) is 0.696. The highest BCUT2D eigenvalue weighted by atomic mass is 16.7. The van der Waals surface area contributed by atoms with Crippen molar-refractivity contribution in [3.8, 4) is 11.5 Å². The monoisotopic (exact) mass is 399 g/mol. The number of rotatable bonds is 4. The van der Waals surface area contributed by atoms with Crippen molar-refractivity contribution < 1.29 is 23.7 Å². The second kappa shape index (κ2) is 6.35. The molecular weight excluding hydrogens is 370 g/mol. The van der Waals surface area contributed by atoms with E-state index in [-0.39, 0.29) is 35.8 Å². The molecule has 1 N–H and O–H groups in total. The van der Waals surface area contributed by atoms with Crippen molar-refractivity contribution in [2.24, 2.45) is 23.2 Å². The van der Waals surface area contributed by atoms with Gasteiger partial charge in [0.2, 0.25) is 6.79 Å². The van der Waals surface area contributed by atoms with Crippen LogP contribution in [0.25, 0.3) is 0 Å². The van der Waals surface area contributed by atoms with Crippen LogP contribution in [0.2, 0.25) is 0 Å². The Bertz CT molecular complexity index is 837. The van der Waals surface area contributed by atoms with Gasteiger partial charge in [0.1, 0.15) is 6.10 Å². The molecule has 2 aliphatic carbocycles. The van der Waals surface area contributed by atoms with Crippen molar-refractivity contribution >= 4 is 5.97 Å². The maximum absolute atomic E-state index is 12.7. The van der Waals surface area contributed by atoms with Gasteiger partial charge in [-0.25, -0.2) is 0 Å². The van der Waals surface area contributed by atoms with Crippen LogP contribution < -0.4 is 14.8 Å². The smallest absolute Gasteiger partial charge is 0.310 e. The van der Waals surface area contributed by atoms with Gasteiger partial charge in [0.05, 0.1) is 18.1 Å². The van der Waals surface area contributed by atoms with Crippen LogP contribution in [0.4, 0.5) is 0 Å². The minimum atomic E-state index is -0.0590. The molecule has 29 heavy (non-hydrogen) atoms. The van der Waals surface area contributed by atoms with Crippen LogP contribution in [-0.2, 0) is 20.8 Å². The van der Waals surface area contributed by atoms with Gasteiger partial charge >= 0.3 is 5.97 Å². The first-order chi connectivity index (χ1) is 14.1. The Morgan fingerprint density at radius 2 is 2.07 bits per heavy atom. The van der Waals surface area contributed by atoms with Crippen LogP contribution >= 0.6 is 0 Å². The molecule has 1 aromatic carbocycles. The zero-order valence-corrected chi connectivity index (χ0v) is 16.9. The lowest BCUT2D eigenvalue weighted by atomic mass is 9.53. The lowest BCUT2D eigenvalue weighted by molar-refractivity contribution is -0.147. The van der Waals surface area contributed by atoms with Crippen LogP contribution in [0.3, 0.4) is 0 Å². The number of carbonyl (C=O) groups excluding carboxylic acids is 1. The van der Waals surface area contributed by atoms with Gasteiger partial charge in [-0.3, -0.25) is 4.79 Å². The molecule has 6 nitrogen and oxygen atoms in total. The molecule has 4 fully saturated rings. The van der Waals surface area contributed by atoms with Gasteiger partial charge in [-0.1, -0.05) is 13.0 Å². The second-order valence-corrected chi connectivity index (χ2v) is 9.92. The normalized spacial score (nSPS) is 41.8. The number of fused-ring (bicyclic) bond motifs is 4. The van der Waals surface area contributed by atoms with Gasteiger partial charge in [0.15, 0.2) is 11.5 Å². The van der Waals surface area contributed by atoms with E-state index < -0.39 is 0 Å². The number of hydrogen-bond acceptors (Lipinski definition) is 6. The summed E-state index contributed by atoms with van der Waals surface area (Å²) < 4.78 is 22.7. The Morgan fingerprint density at radius 3 is 2.93 bits per heavy atom. The van der Waals surface area contributed by atoms with Crippen LogP contribution in [0.15, 0.2) is 18.2 Å². The summed E-state index contributed by atoms with van der Waals surface area (Å²) in [7, 11) is 0. The van der Waals surface area contributed by atoms with Crippen molar-refractivity contribution in [3.63, 3.8) is 0 Å². The third-order valence-corrected chi connectivity index (χ3v) is 8.21. The highest BCUT2D eigenvalue weighted by Crippen LogP contribution is 2.62. The van der Waals surface area contributed by atoms with Gasteiger partial charge in [-0.15, -0.1) is 0 Å². The van der Waals surface area contributed by atoms with E-state index in [9.17, 15) is 4.79 Å². The van der Waals surface area contributed by atoms with Crippen molar-refractivity contribution in [3.05, 3.63) is 23.8 Å². The Kier molecular flexibility index (Phi) is 3.95. The molecule has 0 aromatic heterocycles. The summed E-state index contributed by atoms with van der Waals surface area (Å²) in [5.74, 6) is 2.38. The minimum Gasteiger partial charge on any atom is -0.462 e. The molecule has 2 saturated heterocycles. The largest absolute Gasteiger partial charge is 0.462 e. The highest BCUT2D eigenvalue weighted by molar-refractivity contribution is 5.75. The third kappa shape index (κ3) is 2.87. The number of hydrogen-bond donors (Lipinski definition) is 1. The van der Waals surface area contributed by atoms with Crippen molar-refractivity contribution in [1.82, 2.24) is 5.32 Å². The summed E-state index contributed by atoms with van der Waals surface area (Å²) in [6.07, 6.45) is 5.79. The van der Waals surface area contributed by atoms with Crippen LogP contribution in [0.1, 0.15) is 44.6 Å². The first kappa shape index (κ1) is 18.0. The summed E-state index contributed by atoms with van der Waals surface area (Å²) in [6, 6.07) is 5.99. The Morgan fingerprint density at radius 1 is 1.21 bits per heavy atom. The summed E-state index contributed by atoms with van der Waals surface area (Å²) >= 11 is 0. The van der Waals surface area contributed by atoms with Crippen LogP contribution in [-0.4, -0.2) is 37.6 Å². The summed E-state index contributed by atoms with van der Waals surface area (Å²) in [5, 5.41) is 3.49. The zero-order chi connectivity index (χ0) is 19.6. The number of epoxide rings is 1. The number of ether oxygens (including phenoxy) is 4. The van der Waals surface area contributed by atoms with E-state index in [4.69, 9.17) is 18.9 Å². The van der Waals surface area contributed by atoms with E-state index in [1.54, 1.807) is 0 Å². The van der Waals surface area contributed by atoms with Gasteiger partial charge in [0, 0.05) is 19.0 Å². The average molecular weight is 399 g/mol. The number of nitrogens with one attached hydrogen (secondary N) is 1. The molecule has 3 aliphatic heterocycles. The SMILES string of the molecule is C[C@]12CCC[C@]3(CO3)[C@H]1C[C@H]1[C@@H](C2)OC(=O)[C@@H]1CNCc1ccc2c(c1)OCO2. The molecule has 156 valence electrons. The molecule has 0 radical (unpaired) electrons. The van der Waals surface area contributed by atoms with Crippen LogP contribution in [0.5, 0.6) is 11.5 Å². The lowest BCUT2D eigenvalue weighted by Gasteiger charge is -2.51. The zero-order valence-electron chi connectivity index (χ0n) is 16.9. The first-order valence-electron chi connectivity index (χ1n) is 11.0. The van der Waals surface area contributed by atoms with Crippen LogP contribution in [0, 0.1) is 23.2 Å². The Labute approximate surface area is 171 Å². The number of carbonyl (C=O) groups is 1. The van der Waals surface area contributed by atoms with Gasteiger partial charge in [0.25, 0.3) is 0 Å². The predicted molar refractivity (Wildman–Crippen MR) is 104 cm³/mol. The number of esters is 1. The molecule has 1 spiro atoms. The Balaban J connectivity index is 1.13. The molecular formula is C23H29NO5. The van der Waals surface area contributed by atoms with E-state index in [0.717, 1.165) is 36.5 Å². The maximum Gasteiger partial charge on any atom is 0.310 e. The fourth-order valence-electron chi connectivity index (χ4n) is 6.61. The Hall–Kier alpha value is -1.79. The van der Waals surface area contributed by atoms with Gasteiger partial charge in [-0.2, -0.15) is 0 Å². The molecule has 5 aliphatic rings. The standard InChI is InChI=1S/C23H29NO5/c1-22-5-2-6-23(12-28-23)20(22)8-15-16(21(25)29-19(15)9-22)11-24-10-14-3-4-17-18(7-14)27-13-26-17/h3-4,7,15-16,19-20,24H,2,5-6,8-13H2,1H3/t15-,16-,19-,20+,22-,23+/m1/s1. The van der Waals surface area contributed by atoms with Gasteiger partial charge in [-0.05, 0) is 61.1 Å². The van der Waals surface area contributed by atoms with E-state index in [0.29, 0.717) is 24.9 Å². The molecule has 0 bridgehead atoms. The summed E-state index contributed by atoms with van der Waals surface area (Å²) in [6.45, 7) is 4.95. The number of benzene rings is 1. The average Bonchev–Trinajstić information content (AvgIpc) is 3.18. The van der Waals surface area contributed by atoms with E-state index in [1.807, 2.05) is 18.2 Å². The molecule has 1 aromatic rings. The molecule has 6 atom stereocenters. The molecule has 2 saturated carbocycles. The first-order valence-corrected chi connectivity index (χ1v) is 11.0. The van der Waals surface area contributed by atoms with E-state index in [2.05, 4.69) is 12.2 Å². The summed E-state index contributed by atoms with van der Waals surface area (Å²) in [4.78, 5) is 12.7. The van der Waals surface area contributed by atoms with Gasteiger partial charge < -0.3 is 24.3 Å². The third-order valence-electron chi connectivity index (χ3n) is 8.21. The van der Waals surface area contributed by atoms with E-state index in [1.165, 1.54) is 19.3 Å². The van der Waals surface area contributed by atoms with Crippen molar-refractivity contribution in [1.29, 1.82) is 0 Å². The molecule has 0 amide bonds. The van der Waals surface area contributed by atoms with Crippen molar-refractivity contribution in [2.75, 3.05) is 19.9 Å². The molecule has 6 heteroatoms. The summed E-state index contributed by atoms with van der Waals surface area (Å²) in [5.41, 5.74) is 1.49. The predicted octanol–water partition coefficient (Wildman–Crippen LogP) is 3.03. The topological polar surface area (TPSA) is 69.3 Å².